The van der Waals surface area contributed by atoms with Gasteiger partial charge in [-0.15, -0.1) is 0 Å². The fourth-order valence-electron chi connectivity index (χ4n) is 6.15. The van der Waals surface area contributed by atoms with Gasteiger partial charge in [-0.1, -0.05) is 6.07 Å². The first kappa shape index (κ1) is 20.7. The van der Waals surface area contributed by atoms with Crippen LogP contribution >= 0.6 is 0 Å². The number of Topliss-reactive ketones (excluding diaryl/α,β-unsaturated/α-hetero) is 1. The van der Waals surface area contributed by atoms with Crippen molar-refractivity contribution in [3.63, 3.8) is 0 Å². The van der Waals surface area contributed by atoms with E-state index in [9.17, 15) is 14.7 Å². The molecule has 3 aliphatic rings. The minimum atomic E-state index is -0.540. The molecular weight excluding hydrogens is 386 g/mol. The highest BCUT2D eigenvalue weighted by molar-refractivity contribution is 5.96. The number of likely N-dealkylation sites (tertiary alicyclic amines) is 1. The summed E-state index contributed by atoms with van der Waals surface area (Å²) in [5.41, 5.74) is 1.31. The van der Waals surface area contributed by atoms with E-state index in [1.807, 2.05) is 12.1 Å². The number of phenolic OH excluding ortho intramolecular Hbond substituents is 1. The fraction of sp³-hybridized carbons (Fsp3) is 0.565. The van der Waals surface area contributed by atoms with Crippen molar-refractivity contribution in [2.45, 2.75) is 37.1 Å². The number of benzene rings is 1. The molecule has 4 rings (SSSR count). The normalized spacial score (nSPS) is 32.3. The van der Waals surface area contributed by atoms with Gasteiger partial charge in [-0.2, -0.15) is 0 Å². The lowest BCUT2D eigenvalue weighted by Crippen LogP contribution is -2.62. The lowest BCUT2D eigenvalue weighted by Gasteiger charge is -2.52. The highest BCUT2D eigenvalue weighted by atomic mass is 16.5. The third kappa shape index (κ3) is 2.90. The zero-order valence-electron chi connectivity index (χ0n) is 18.1. The Kier molecular flexibility index (Phi) is 5.04. The van der Waals surface area contributed by atoms with Gasteiger partial charge in [-0.3, -0.25) is 4.79 Å². The quantitative estimate of drug-likeness (QED) is 0.598. The molecule has 1 fully saturated rings. The molecule has 30 heavy (non-hydrogen) atoms. The van der Waals surface area contributed by atoms with Crippen LogP contribution in [-0.2, 0) is 30.9 Å². The minimum Gasteiger partial charge on any atom is -0.504 e. The second-order valence-electron chi connectivity index (χ2n) is 8.98. The van der Waals surface area contributed by atoms with E-state index in [2.05, 4.69) is 7.05 Å². The number of likely N-dealkylation sites (N-methyl/N-ethyl adjacent to an activating group) is 1. The van der Waals surface area contributed by atoms with Crippen LogP contribution in [0.4, 0.5) is 0 Å². The number of carbonyl (C=O) groups is 2. The van der Waals surface area contributed by atoms with Gasteiger partial charge in [-0.25, -0.2) is 4.79 Å². The highest BCUT2D eigenvalue weighted by Crippen LogP contribution is 2.58. The molecule has 0 spiro atoms. The summed E-state index contributed by atoms with van der Waals surface area (Å²) in [5, 5.41) is 11.1. The first-order valence-corrected chi connectivity index (χ1v) is 10.4. The van der Waals surface area contributed by atoms with E-state index in [0.717, 1.165) is 30.5 Å². The summed E-state index contributed by atoms with van der Waals surface area (Å²) in [6.45, 7) is 1.07. The summed E-state index contributed by atoms with van der Waals surface area (Å²) >= 11 is 0. The number of fused-ring (bicyclic) bond motifs is 1. The first-order valence-electron chi connectivity index (χ1n) is 10.4. The Bertz CT molecular complexity index is 925. The van der Waals surface area contributed by atoms with Crippen LogP contribution in [0.2, 0.25) is 0 Å². The zero-order chi connectivity index (χ0) is 21.7. The van der Waals surface area contributed by atoms with Crippen molar-refractivity contribution in [2.75, 3.05) is 41.5 Å². The molecule has 0 aromatic heterocycles. The van der Waals surface area contributed by atoms with Crippen LogP contribution in [0, 0.1) is 5.92 Å². The predicted molar refractivity (Wildman–Crippen MR) is 109 cm³/mol. The number of nitrogens with zero attached hydrogens (tertiary/aromatic N) is 1. The van der Waals surface area contributed by atoms with E-state index in [-0.39, 0.29) is 42.4 Å². The highest BCUT2D eigenvalue weighted by Gasteiger charge is 2.59. The molecule has 1 aliphatic heterocycles. The summed E-state index contributed by atoms with van der Waals surface area (Å²) in [6, 6.07) is 3.83. The van der Waals surface area contributed by atoms with E-state index >= 15 is 0 Å². The van der Waals surface area contributed by atoms with E-state index in [4.69, 9.17) is 14.2 Å². The molecule has 1 heterocycles. The molecule has 4 atom stereocenters. The van der Waals surface area contributed by atoms with Crippen LogP contribution in [0.25, 0.3) is 0 Å². The molecule has 2 aliphatic carbocycles. The van der Waals surface area contributed by atoms with Crippen molar-refractivity contribution < 1.29 is 33.4 Å². The van der Waals surface area contributed by atoms with Crippen molar-refractivity contribution in [3.8, 4) is 11.5 Å². The van der Waals surface area contributed by atoms with E-state index in [1.165, 1.54) is 21.3 Å². The number of hydrogen-bond acceptors (Lipinski definition) is 6. The molecule has 7 nitrogen and oxygen atoms in total. The number of esters is 1. The van der Waals surface area contributed by atoms with Crippen molar-refractivity contribution in [1.82, 2.24) is 0 Å². The number of ketones is 1. The van der Waals surface area contributed by atoms with Gasteiger partial charge in [0.25, 0.3) is 0 Å². The number of aromatic hydroxyl groups is 1. The number of phenols is 1. The van der Waals surface area contributed by atoms with Crippen LogP contribution in [0.1, 0.15) is 30.4 Å². The Morgan fingerprint density at radius 2 is 2.03 bits per heavy atom. The Morgan fingerprint density at radius 1 is 1.27 bits per heavy atom. The molecule has 0 saturated carbocycles. The third-order valence-corrected chi connectivity index (χ3v) is 7.54. The lowest BCUT2D eigenvalue weighted by atomic mass is 9.55. The SMILES string of the molecule is COC(=O)C[N@+]1(C)CCC[C@@]23CC(=O)C(OC)=C[C@H]2[C@H]1Cc1ccc(OC)c(O)c13. The Hall–Kier alpha value is -2.54. The second-order valence-corrected chi connectivity index (χ2v) is 8.98. The van der Waals surface area contributed by atoms with Crippen molar-refractivity contribution in [3.05, 3.63) is 35.1 Å². The number of methoxy groups -OCH3 is 3. The van der Waals surface area contributed by atoms with Gasteiger partial charge >= 0.3 is 5.97 Å². The lowest BCUT2D eigenvalue weighted by molar-refractivity contribution is -0.929. The average molecular weight is 416 g/mol. The van der Waals surface area contributed by atoms with Crippen molar-refractivity contribution in [2.24, 2.45) is 5.92 Å². The molecule has 1 aromatic carbocycles. The van der Waals surface area contributed by atoms with Crippen LogP contribution < -0.4 is 4.74 Å². The maximum atomic E-state index is 13.0. The van der Waals surface area contributed by atoms with Gasteiger partial charge < -0.3 is 23.8 Å². The van der Waals surface area contributed by atoms with E-state index in [0.29, 0.717) is 22.4 Å². The van der Waals surface area contributed by atoms with E-state index < -0.39 is 5.41 Å². The summed E-state index contributed by atoms with van der Waals surface area (Å²) in [5.74, 6) is 0.587. The number of rotatable bonds is 4. The zero-order valence-corrected chi connectivity index (χ0v) is 18.1. The molecule has 1 saturated heterocycles. The molecule has 2 bridgehead atoms. The molecule has 0 unspecified atom stereocenters. The summed E-state index contributed by atoms with van der Waals surface area (Å²) in [7, 11) is 6.57. The van der Waals surface area contributed by atoms with Gasteiger partial charge in [0, 0.05) is 29.7 Å². The standard InChI is InChI=1S/C23H29NO6/c1-24(13-20(26)30-4)9-5-8-23-12-17(25)19(29-3)11-15(23)16(24)10-14-6-7-18(28-2)22(27)21(14)23/h6-7,11,15-16H,5,8-10,12-13H2,1-4H3/p+1/t15-,16+,23+,24-/m0/s1. The molecule has 1 N–H and O–H groups in total. The summed E-state index contributed by atoms with van der Waals surface area (Å²) in [4.78, 5) is 25.2. The molecule has 162 valence electrons. The van der Waals surface area contributed by atoms with E-state index in [1.54, 1.807) is 6.07 Å². The van der Waals surface area contributed by atoms with Gasteiger partial charge in [-0.05, 0) is 30.5 Å². The fourth-order valence-corrected chi connectivity index (χ4v) is 6.15. The van der Waals surface area contributed by atoms with Crippen LogP contribution in [0.3, 0.4) is 0 Å². The minimum absolute atomic E-state index is 0.0483. The topological polar surface area (TPSA) is 82.1 Å². The molecule has 0 radical (unpaired) electrons. The number of allylic oxidation sites excluding steroid dienone is 1. The number of ether oxygens (including phenoxy) is 3. The second kappa shape index (κ2) is 7.30. The molecular formula is C23H30NO6+. The largest absolute Gasteiger partial charge is 0.504 e. The molecule has 0 amide bonds. The third-order valence-electron chi connectivity index (χ3n) is 7.54. The predicted octanol–water partition coefficient (Wildman–Crippen LogP) is 2.10. The Balaban J connectivity index is 1.95. The molecule has 1 aromatic rings. The van der Waals surface area contributed by atoms with Gasteiger partial charge in [0.2, 0.25) is 0 Å². The number of hydrogen-bond donors (Lipinski definition) is 1. The van der Waals surface area contributed by atoms with Gasteiger partial charge in [0.1, 0.15) is 6.04 Å². The van der Waals surface area contributed by atoms with Crippen molar-refractivity contribution in [1.29, 1.82) is 0 Å². The summed E-state index contributed by atoms with van der Waals surface area (Å²) < 4.78 is 16.3. The average Bonchev–Trinajstić information content (AvgIpc) is 2.79. The molecule has 7 heteroatoms. The Morgan fingerprint density at radius 3 is 2.70 bits per heavy atom. The maximum absolute atomic E-state index is 13.0. The number of quaternary nitrogens is 1. The van der Waals surface area contributed by atoms with Gasteiger partial charge in [0.05, 0.1) is 34.9 Å². The van der Waals surface area contributed by atoms with Gasteiger partial charge in [0.15, 0.2) is 29.6 Å². The van der Waals surface area contributed by atoms with Crippen LogP contribution in [-0.4, -0.2) is 68.9 Å². The first-order chi connectivity index (χ1) is 14.3. The monoisotopic (exact) mass is 416 g/mol. The van der Waals surface area contributed by atoms with Crippen molar-refractivity contribution >= 4 is 11.8 Å². The number of carbonyl (C=O) groups excluding carboxylic acids is 2. The summed E-state index contributed by atoms with van der Waals surface area (Å²) in [6.07, 6.45) is 4.49. The van der Waals surface area contributed by atoms with Crippen LogP contribution in [0.5, 0.6) is 11.5 Å². The maximum Gasteiger partial charge on any atom is 0.361 e. The van der Waals surface area contributed by atoms with Crippen LogP contribution in [0.15, 0.2) is 24.0 Å². The Labute approximate surface area is 176 Å². The smallest absolute Gasteiger partial charge is 0.361 e.